The molecule has 1 amide bonds. The highest BCUT2D eigenvalue weighted by Gasteiger charge is 2.38. The first-order chi connectivity index (χ1) is 15.9. The lowest BCUT2D eigenvalue weighted by Crippen LogP contribution is -2.51. The Morgan fingerprint density at radius 3 is 2.64 bits per heavy atom. The number of carbonyl (C=O) groups is 1. The molecule has 0 N–H and O–H groups in total. The molecule has 0 radical (unpaired) electrons. The standard InChI is InChI=1S/C25H24FN5O2/c1-16-12-30(15-27-16)22-9-4-17(11-23(22)33-3)10-21-24(32)31-14-19(13-29(2)25(31)28-21)18-5-7-20(26)8-6-18/h4-12,15,19H,13-14H2,1-3H3/b21-10-. The monoisotopic (exact) mass is 445 g/mol. The van der Waals surface area contributed by atoms with E-state index >= 15 is 0 Å². The zero-order valence-electron chi connectivity index (χ0n) is 18.7. The summed E-state index contributed by atoms with van der Waals surface area (Å²) < 4.78 is 20.8. The molecule has 0 spiro atoms. The van der Waals surface area contributed by atoms with Crippen molar-refractivity contribution in [1.82, 2.24) is 19.4 Å². The number of hydrogen-bond acceptors (Lipinski definition) is 5. The highest BCUT2D eigenvalue weighted by Crippen LogP contribution is 2.31. The number of nitrogens with zero attached hydrogens (tertiary/aromatic N) is 5. The minimum absolute atomic E-state index is 0.0795. The van der Waals surface area contributed by atoms with Crippen LogP contribution in [-0.4, -0.2) is 58.5 Å². The van der Waals surface area contributed by atoms with Gasteiger partial charge in [0, 0.05) is 32.3 Å². The fourth-order valence-electron chi connectivity index (χ4n) is 4.34. The SMILES string of the molecule is COc1cc(/C=C2\N=C3N(C)CC(c4ccc(F)cc4)CN3C2=O)ccc1-n1cnc(C)c1. The van der Waals surface area contributed by atoms with Gasteiger partial charge in [-0.2, -0.15) is 0 Å². The molecular weight excluding hydrogens is 421 g/mol. The zero-order valence-corrected chi connectivity index (χ0v) is 18.7. The number of amides is 1. The summed E-state index contributed by atoms with van der Waals surface area (Å²) in [6.07, 6.45) is 5.44. The van der Waals surface area contributed by atoms with Crippen LogP contribution in [0.5, 0.6) is 5.75 Å². The van der Waals surface area contributed by atoms with Crippen LogP contribution >= 0.6 is 0 Å². The number of aryl methyl sites for hydroxylation is 1. The number of likely N-dealkylation sites (N-methyl/N-ethyl adjacent to an activating group) is 1. The summed E-state index contributed by atoms with van der Waals surface area (Å²) in [5.74, 6) is 0.984. The number of guanidine groups is 1. The predicted molar refractivity (Wildman–Crippen MR) is 124 cm³/mol. The molecule has 8 heteroatoms. The molecule has 1 atom stereocenters. The van der Waals surface area contributed by atoms with Gasteiger partial charge in [-0.05, 0) is 48.4 Å². The van der Waals surface area contributed by atoms with Crippen molar-refractivity contribution in [2.75, 3.05) is 27.2 Å². The molecule has 168 valence electrons. The van der Waals surface area contributed by atoms with Crippen molar-refractivity contribution < 1.29 is 13.9 Å². The number of benzene rings is 2. The number of rotatable bonds is 4. The van der Waals surface area contributed by atoms with Gasteiger partial charge in [0.05, 0.1) is 24.8 Å². The number of aliphatic imine (C=N–C) groups is 1. The second-order valence-electron chi connectivity index (χ2n) is 8.34. The van der Waals surface area contributed by atoms with E-state index in [-0.39, 0.29) is 17.6 Å². The van der Waals surface area contributed by atoms with Crippen molar-refractivity contribution in [3.05, 3.63) is 83.3 Å². The summed E-state index contributed by atoms with van der Waals surface area (Å²) in [5.41, 5.74) is 3.98. The van der Waals surface area contributed by atoms with Crippen LogP contribution in [0.25, 0.3) is 11.8 Å². The molecule has 2 aliphatic heterocycles. The van der Waals surface area contributed by atoms with Gasteiger partial charge in [-0.1, -0.05) is 18.2 Å². The Labute approximate surface area is 191 Å². The molecule has 33 heavy (non-hydrogen) atoms. The Hall–Kier alpha value is -3.94. The molecule has 1 unspecified atom stereocenters. The third-order valence-corrected chi connectivity index (χ3v) is 6.00. The summed E-state index contributed by atoms with van der Waals surface area (Å²) in [6, 6.07) is 12.2. The topological polar surface area (TPSA) is 63.0 Å². The number of imidazole rings is 1. The van der Waals surface area contributed by atoms with Gasteiger partial charge in [-0.25, -0.2) is 14.4 Å². The van der Waals surface area contributed by atoms with Crippen LogP contribution < -0.4 is 4.74 Å². The van der Waals surface area contributed by atoms with Gasteiger partial charge >= 0.3 is 0 Å². The molecule has 2 aliphatic rings. The van der Waals surface area contributed by atoms with E-state index in [1.54, 1.807) is 36.5 Å². The van der Waals surface area contributed by atoms with Gasteiger partial charge in [-0.15, -0.1) is 0 Å². The molecule has 7 nitrogen and oxygen atoms in total. The van der Waals surface area contributed by atoms with Crippen molar-refractivity contribution in [2.45, 2.75) is 12.8 Å². The average molecular weight is 445 g/mol. The minimum atomic E-state index is -0.266. The number of methoxy groups -OCH3 is 1. The lowest BCUT2D eigenvalue weighted by molar-refractivity contribution is -0.123. The molecule has 2 aromatic carbocycles. The summed E-state index contributed by atoms with van der Waals surface area (Å²) in [4.78, 5) is 25.7. The summed E-state index contributed by atoms with van der Waals surface area (Å²) in [6.45, 7) is 3.14. The Kier molecular flexibility index (Phi) is 5.20. The van der Waals surface area contributed by atoms with Crippen LogP contribution in [-0.2, 0) is 4.79 Å². The number of hydrogen-bond donors (Lipinski definition) is 0. The van der Waals surface area contributed by atoms with E-state index in [1.165, 1.54) is 12.1 Å². The van der Waals surface area contributed by atoms with Crippen LogP contribution in [0, 0.1) is 12.7 Å². The number of aromatic nitrogens is 2. The third-order valence-electron chi connectivity index (χ3n) is 6.00. The van der Waals surface area contributed by atoms with E-state index in [9.17, 15) is 9.18 Å². The number of carbonyl (C=O) groups excluding carboxylic acids is 1. The highest BCUT2D eigenvalue weighted by molar-refractivity contribution is 6.14. The van der Waals surface area contributed by atoms with E-state index in [4.69, 9.17) is 4.74 Å². The first-order valence-electron chi connectivity index (χ1n) is 10.7. The normalized spacial score (nSPS) is 19.2. The average Bonchev–Trinajstić information content (AvgIpc) is 3.38. The summed E-state index contributed by atoms with van der Waals surface area (Å²) >= 11 is 0. The van der Waals surface area contributed by atoms with Gasteiger partial charge in [0.25, 0.3) is 5.91 Å². The molecule has 1 fully saturated rings. The Morgan fingerprint density at radius 2 is 1.94 bits per heavy atom. The number of halogens is 1. The smallest absolute Gasteiger partial charge is 0.279 e. The molecule has 1 aromatic heterocycles. The van der Waals surface area contributed by atoms with Crippen LogP contribution in [0.2, 0.25) is 0 Å². The van der Waals surface area contributed by atoms with Crippen LogP contribution in [0.1, 0.15) is 22.7 Å². The van der Waals surface area contributed by atoms with Crippen LogP contribution in [0.4, 0.5) is 4.39 Å². The van der Waals surface area contributed by atoms with Gasteiger partial charge < -0.3 is 14.2 Å². The predicted octanol–water partition coefficient (Wildman–Crippen LogP) is 3.60. The van der Waals surface area contributed by atoms with Crippen molar-refractivity contribution >= 4 is 17.9 Å². The van der Waals surface area contributed by atoms with E-state index in [0.29, 0.717) is 30.5 Å². The second-order valence-corrected chi connectivity index (χ2v) is 8.34. The maximum atomic E-state index is 13.3. The fourth-order valence-corrected chi connectivity index (χ4v) is 4.34. The first-order valence-corrected chi connectivity index (χ1v) is 10.7. The van der Waals surface area contributed by atoms with Gasteiger partial charge in [-0.3, -0.25) is 9.69 Å². The number of fused-ring (bicyclic) bond motifs is 1. The van der Waals surface area contributed by atoms with Crippen molar-refractivity contribution in [2.24, 2.45) is 4.99 Å². The van der Waals surface area contributed by atoms with E-state index in [2.05, 4.69) is 9.98 Å². The Morgan fingerprint density at radius 1 is 1.15 bits per heavy atom. The second kappa shape index (κ2) is 8.20. The van der Waals surface area contributed by atoms with Crippen molar-refractivity contribution in [1.29, 1.82) is 0 Å². The quantitative estimate of drug-likeness (QED) is 0.576. The Bertz CT molecular complexity index is 1280. The maximum absolute atomic E-state index is 13.3. The van der Waals surface area contributed by atoms with Crippen molar-refractivity contribution in [3.63, 3.8) is 0 Å². The van der Waals surface area contributed by atoms with E-state index < -0.39 is 0 Å². The van der Waals surface area contributed by atoms with Crippen LogP contribution in [0.3, 0.4) is 0 Å². The van der Waals surface area contributed by atoms with E-state index in [0.717, 1.165) is 22.5 Å². The van der Waals surface area contributed by atoms with Gasteiger partial charge in [0.1, 0.15) is 17.3 Å². The molecule has 0 bridgehead atoms. The van der Waals surface area contributed by atoms with Gasteiger partial charge in [0.2, 0.25) is 5.96 Å². The lowest BCUT2D eigenvalue weighted by Gasteiger charge is -2.37. The minimum Gasteiger partial charge on any atom is -0.495 e. The molecule has 5 rings (SSSR count). The lowest BCUT2D eigenvalue weighted by atomic mass is 9.96. The number of ether oxygens (including phenoxy) is 1. The Balaban J connectivity index is 1.41. The van der Waals surface area contributed by atoms with Crippen molar-refractivity contribution in [3.8, 4) is 11.4 Å². The largest absolute Gasteiger partial charge is 0.495 e. The highest BCUT2D eigenvalue weighted by atomic mass is 19.1. The molecule has 3 heterocycles. The molecule has 0 aliphatic carbocycles. The molecule has 0 saturated carbocycles. The van der Waals surface area contributed by atoms with Crippen LogP contribution in [0.15, 0.2) is 65.7 Å². The van der Waals surface area contributed by atoms with Gasteiger partial charge in [0.15, 0.2) is 0 Å². The zero-order chi connectivity index (χ0) is 23.1. The molecule has 1 saturated heterocycles. The van der Waals surface area contributed by atoms with E-state index in [1.807, 2.05) is 47.8 Å². The first kappa shape index (κ1) is 20.9. The summed E-state index contributed by atoms with van der Waals surface area (Å²) in [5, 5.41) is 0. The molecular formula is C25H24FN5O2. The maximum Gasteiger partial charge on any atom is 0.279 e. The molecule has 3 aromatic rings. The third kappa shape index (κ3) is 3.88. The summed E-state index contributed by atoms with van der Waals surface area (Å²) in [7, 11) is 3.54. The fraction of sp³-hybridized carbons (Fsp3) is 0.240.